The van der Waals surface area contributed by atoms with Gasteiger partial charge in [0.25, 0.3) is 0 Å². The number of ether oxygens (including phenoxy) is 1. The summed E-state index contributed by atoms with van der Waals surface area (Å²) in [6.07, 6.45) is 3.86. The van der Waals surface area contributed by atoms with Crippen LogP contribution in [0.25, 0.3) is 0 Å². The average molecular weight is 198 g/mol. The first-order chi connectivity index (χ1) is 6.37. The van der Waals surface area contributed by atoms with Crippen LogP contribution in [-0.4, -0.2) is 17.9 Å². The quantitative estimate of drug-likeness (QED) is 0.515. The van der Waals surface area contributed by atoms with Crippen LogP contribution < -0.4 is 0 Å². The average Bonchev–Trinajstić information content (AvgIpc) is 1.93. The molecule has 0 aromatic rings. The van der Waals surface area contributed by atoms with Crippen molar-refractivity contribution in [1.29, 1.82) is 0 Å². The van der Waals surface area contributed by atoms with Crippen molar-refractivity contribution in [3.8, 4) is 0 Å². The summed E-state index contributed by atoms with van der Waals surface area (Å²) in [4.78, 5) is 22.2. The molecule has 0 heterocycles. The monoisotopic (exact) mass is 198 g/mol. The van der Waals surface area contributed by atoms with Gasteiger partial charge in [-0.3, -0.25) is 4.79 Å². The molecule has 1 aliphatic rings. The molecule has 0 aliphatic heterocycles. The van der Waals surface area contributed by atoms with Crippen LogP contribution >= 0.6 is 0 Å². The van der Waals surface area contributed by atoms with Crippen molar-refractivity contribution in [3.05, 3.63) is 0 Å². The van der Waals surface area contributed by atoms with Gasteiger partial charge in [-0.25, -0.2) is 0 Å². The van der Waals surface area contributed by atoms with Crippen LogP contribution in [0, 0.1) is 5.41 Å². The fourth-order valence-electron chi connectivity index (χ4n) is 1.63. The fourth-order valence-corrected chi connectivity index (χ4v) is 1.63. The number of esters is 1. The maximum absolute atomic E-state index is 11.4. The second-order valence-electron chi connectivity index (χ2n) is 5.10. The molecular formula is C11H18O3. The van der Waals surface area contributed by atoms with Gasteiger partial charge in [0.15, 0.2) is 0 Å². The van der Waals surface area contributed by atoms with Crippen LogP contribution in [-0.2, 0) is 14.3 Å². The summed E-state index contributed by atoms with van der Waals surface area (Å²) in [5, 5.41) is 0. The zero-order chi connectivity index (χ0) is 10.8. The van der Waals surface area contributed by atoms with E-state index in [9.17, 15) is 9.59 Å². The van der Waals surface area contributed by atoms with Gasteiger partial charge in [0.05, 0.1) is 6.42 Å². The lowest BCUT2D eigenvalue weighted by Gasteiger charge is -2.36. The topological polar surface area (TPSA) is 43.4 Å². The van der Waals surface area contributed by atoms with Gasteiger partial charge >= 0.3 is 5.97 Å². The second-order valence-corrected chi connectivity index (χ2v) is 5.10. The molecule has 1 fully saturated rings. The lowest BCUT2D eigenvalue weighted by molar-refractivity contribution is -0.160. The summed E-state index contributed by atoms with van der Waals surface area (Å²) < 4.78 is 5.17. The molecule has 0 bridgehead atoms. The zero-order valence-corrected chi connectivity index (χ0v) is 9.13. The highest BCUT2D eigenvalue weighted by Crippen LogP contribution is 2.42. The summed E-state index contributed by atoms with van der Waals surface area (Å²) in [5.74, 6) is -0.260. The molecule has 3 heteroatoms. The van der Waals surface area contributed by atoms with Crippen molar-refractivity contribution in [1.82, 2.24) is 0 Å². The van der Waals surface area contributed by atoms with E-state index in [0.717, 1.165) is 25.5 Å². The lowest BCUT2D eigenvalue weighted by Crippen LogP contribution is -2.36. The molecule has 0 unspecified atom stereocenters. The van der Waals surface area contributed by atoms with Gasteiger partial charge in [-0.05, 0) is 33.6 Å². The molecule has 1 rings (SSSR count). The van der Waals surface area contributed by atoms with Gasteiger partial charge in [-0.15, -0.1) is 0 Å². The van der Waals surface area contributed by atoms with E-state index in [4.69, 9.17) is 4.74 Å². The number of aldehydes is 1. The summed E-state index contributed by atoms with van der Waals surface area (Å²) in [6, 6.07) is 0. The maximum atomic E-state index is 11.4. The third-order valence-corrected chi connectivity index (χ3v) is 2.52. The number of carbonyl (C=O) groups excluding carboxylic acids is 2. The molecule has 0 radical (unpaired) electrons. The van der Waals surface area contributed by atoms with E-state index in [2.05, 4.69) is 0 Å². The molecule has 0 amide bonds. The Hall–Kier alpha value is -0.860. The normalized spacial score (nSPS) is 19.6. The number of rotatable bonds is 3. The molecule has 3 nitrogen and oxygen atoms in total. The smallest absolute Gasteiger partial charge is 0.307 e. The molecule has 0 aromatic carbocycles. The third kappa shape index (κ3) is 2.82. The van der Waals surface area contributed by atoms with E-state index < -0.39 is 11.0 Å². The lowest BCUT2D eigenvalue weighted by atomic mass is 9.68. The first kappa shape index (κ1) is 11.2. The van der Waals surface area contributed by atoms with Gasteiger partial charge in [0.1, 0.15) is 11.9 Å². The van der Waals surface area contributed by atoms with E-state index in [-0.39, 0.29) is 12.4 Å². The summed E-state index contributed by atoms with van der Waals surface area (Å²) in [5.41, 5.74) is -0.854. The van der Waals surface area contributed by atoms with Gasteiger partial charge < -0.3 is 9.53 Å². The van der Waals surface area contributed by atoms with Crippen molar-refractivity contribution >= 4 is 12.3 Å². The largest absolute Gasteiger partial charge is 0.460 e. The Balaban J connectivity index is 2.44. The van der Waals surface area contributed by atoms with Crippen molar-refractivity contribution in [2.75, 3.05) is 0 Å². The predicted molar refractivity (Wildman–Crippen MR) is 52.8 cm³/mol. The van der Waals surface area contributed by atoms with E-state index in [1.807, 2.05) is 20.8 Å². The Morgan fingerprint density at radius 1 is 1.43 bits per heavy atom. The Labute approximate surface area is 84.8 Å². The summed E-state index contributed by atoms with van der Waals surface area (Å²) in [6.45, 7) is 5.50. The minimum atomic E-state index is -0.453. The Kier molecular flexibility index (Phi) is 2.98. The fraction of sp³-hybridized carbons (Fsp3) is 0.818. The zero-order valence-electron chi connectivity index (χ0n) is 9.13. The number of carbonyl (C=O) groups is 2. The molecular weight excluding hydrogens is 180 g/mol. The standard InChI is InChI=1S/C11H18O3/c1-10(2,3)14-9(13)7-11(8-12)5-4-6-11/h8H,4-7H2,1-3H3. The molecule has 0 atom stereocenters. The Morgan fingerprint density at radius 2 is 2.00 bits per heavy atom. The first-order valence-corrected chi connectivity index (χ1v) is 5.05. The predicted octanol–water partition coefficient (Wildman–Crippen LogP) is 2.09. The number of hydrogen-bond acceptors (Lipinski definition) is 3. The highest BCUT2D eigenvalue weighted by Gasteiger charge is 2.39. The maximum Gasteiger partial charge on any atom is 0.307 e. The summed E-state index contributed by atoms with van der Waals surface area (Å²) in [7, 11) is 0. The van der Waals surface area contributed by atoms with Crippen LogP contribution in [0.2, 0.25) is 0 Å². The highest BCUT2D eigenvalue weighted by atomic mass is 16.6. The molecule has 14 heavy (non-hydrogen) atoms. The minimum absolute atomic E-state index is 0.244. The minimum Gasteiger partial charge on any atom is -0.460 e. The van der Waals surface area contributed by atoms with Gasteiger partial charge in [0, 0.05) is 5.41 Å². The second kappa shape index (κ2) is 3.71. The van der Waals surface area contributed by atoms with Gasteiger partial charge in [-0.2, -0.15) is 0 Å². The van der Waals surface area contributed by atoms with E-state index in [1.54, 1.807) is 0 Å². The van der Waals surface area contributed by atoms with Crippen LogP contribution in [0.15, 0.2) is 0 Å². The molecule has 1 saturated carbocycles. The van der Waals surface area contributed by atoms with Crippen molar-refractivity contribution in [2.24, 2.45) is 5.41 Å². The number of hydrogen-bond donors (Lipinski definition) is 0. The Morgan fingerprint density at radius 3 is 2.29 bits per heavy atom. The van der Waals surface area contributed by atoms with Crippen LogP contribution in [0.1, 0.15) is 46.5 Å². The first-order valence-electron chi connectivity index (χ1n) is 5.05. The highest BCUT2D eigenvalue weighted by molar-refractivity contribution is 5.77. The van der Waals surface area contributed by atoms with Crippen molar-refractivity contribution in [3.63, 3.8) is 0 Å². The third-order valence-electron chi connectivity index (χ3n) is 2.52. The van der Waals surface area contributed by atoms with Crippen molar-refractivity contribution < 1.29 is 14.3 Å². The van der Waals surface area contributed by atoms with E-state index >= 15 is 0 Å². The molecule has 1 aliphatic carbocycles. The molecule has 80 valence electrons. The molecule has 0 N–H and O–H groups in total. The molecule has 0 spiro atoms. The van der Waals surface area contributed by atoms with E-state index in [0.29, 0.717) is 0 Å². The van der Waals surface area contributed by atoms with Crippen LogP contribution in [0.3, 0.4) is 0 Å². The Bertz CT molecular complexity index is 233. The van der Waals surface area contributed by atoms with Crippen molar-refractivity contribution in [2.45, 2.75) is 52.1 Å². The molecule has 0 aromatic heterocycles. The van der Waals surface area contributed by atoms with E-state index in [1.165, 1.54) is 0 Å². The van der Waals surface area contributed by atoms with Crippen LogP contribution in [0.5, 0.6) is 0 Å². The van der Waals surface area contributed by atoms with Gasteiger partial charge in [-0.1, -0.05) is 6.42 Å². The summed E-state index contributed by atoms with van der Waals surface area (Å²) >= 11 is 0. The van der Waals surface area contributed by atoms with Crippen LogP contribution in [0.4, 0.5) is 0 Å². The molecule has 0 saturated heterocycles. The SMILES string of the molecule is CC(C)(C)OC(=O)CC1(C=O)CCC1. The van der Waals surface area contributed by atoms with Gasteiger partial charge in [0.2, 0.25) is 0 Å².